The minimum atomic E-state index is 1.14. The second-order valence-corrected chi connectivity index (χ2v) is 4.45. The Labute approximate surface area is 110 Å². The Morgan fingerprint density at radius 2 is 1.31 bits per heavy atom. The number of likely N-dealkylation sites (N-methyl/N-ethyl adjacent to an activating group) is 2. The molecular formula is C13H23LiN2. The predicted octanol–water partition coefficient (Wildman–Crippen LogP) is 1.46. The van der Waals surface area contributed by atoms with Crippen LogP contribution < -0.4 is 0 Å². The summed E-state index contributed by atoms with van der Waals surface area (Å²) >= 11 is 2.16. The van der Waals surface area contributed by atoms with E-state index in [0.717, 1.165) is 18.2 Å². The van der Waals surface area contributed by atoms with Crippen LogP contribution in [0.15, 0.2) is 30.3 Å². The molecule has 3 heteroatoms. The molecule has 1 aromatic carbocycles. The molecule has 0 saturated heterocycles. The van der Waals surface area contributed by atoms with Gasteiger partial charge in [-0.25, -0.2) is 0 Å². The van der Waals surface area contributed by atoms with Crippen LogP contribution in [0.1, 0.15) is 5.56 Å². The minimum absolute atomic E-state index is 1.14. The van der Waals surface area contributed by atoms with Gasteiger partial charge in [0, 0.05) is 13.1 Å². The van der Waals surface area contributed by atoms with E-state index in [2.05, 4.69) is 80.0 Å². The average molecular weight is 214 g/mol. The fraction of sp³-hybridized carbons (Fsp3) is 0.538. The zero-order valence-electron chi connectivity index (χ0n) is 11.4. The molecule has 0 saturated carbocycles. The van der Waals surface area contributed by atoms with Gasteiger partial charge in [0.25, 0.3) is 0 Å². The first-order valence-corrected chi connectivity index (χ1v) is 5.89. The Kier molecular flexibility index (Phi) is 9.76. The molecule has 16 heavy (non-hydrogen) atoms. The fourth-order valence-corrected chi connectivity index (χ4v) is 1.11. The number of benzene rings is 1. The number of rotatable bonds is 4. The van der Waals surface area contributed by atoms with E-state index in [4.69, 9.17) is 0 Å². The molecule has 0 spiro atoms. The molecule has 0 heterocycles. The molecular weight excluding hydrogens is 191 g/mol. The summed E-state index contributed by atoms with van der Waals surface area (Å²) < 4.78 is 0. The molecule has 2 nitrogen and oxygen atoms in total. The molecule has 0 unspecified atom stereocenters. The van der Waals surface area contributed by atoms with E-state index in [1.165, 1.54) is 5.56 Å². The molecule has 0 amide bonds. The predicted molar refractivity (Wildman–Crippen MR) is 73.0 cm³/mol. The summed E-state index contributed by atoms with van der Waals surface area (Å²) in [6.07, 6.45) is 0. The summed E-state index contributed by atoms with van der Waals surface area (Å²) in [7, 11) is 8.35. The zero-order valence-corrected chi connectivity index (χ0v) is 11.4. The normalized spacial score (nSPS) is 10.2. The molecule has 86 valence electrons. The van der Waals surface area contributed by atoms with Crippen molar-refractivity contribution in [2.24, 2.45) is 0 Å². The number of nitrogens with zero attached hydrogens (tertiary/aromatic N) is 2. The van der Waals surface area contributed by atoms with Gasteiger partial charge in [0.2, 0.25) is 0 Å². The first kappa shape index (κ1) is 15.7. The van der Waals surface area contributed by atoms with Gasteiger partial charge in [0.15, 0.2) is 0 Å². The van der Waals surface area contributed by atoms with Crippen molar-refractivity contribution in [3.8, 4) is 0 Å². The second kappa shape index (κ2) is 9.93. The van der Waals surface area contributed by atoms with Crippen LogP contribution >= 0.6 is 0 Å². The van der Waals surface area contributed by atoms with E-state index < -0.39 is 0 Å². The topological polar surface area (TPSA) is 6.48 Å². The quantitative estimate of drug-likeness (QED) is 0.700. The van der Waals surface area contributed by atoms with Crippen molar-refractivity contribution in [1.29, 1.82) is 0 Å². The summed E-state index contributed by atoms with van der Waals surface area (Å²) in [4.78, 5) is 4.36. The van der Waals surface area contributed by atoms with E-state index in [1.54, 1.807) is 0 Å². The van der Waals surface area contributed by atoms with Crippen molar-refractivity contribution in [1.82, 2.24) is 9.80 Å². The molecule has 1 aromatic rings. The van der Waals surface area contributed by atoms with Gasteiger partial charge in [0.05, 0.1) is 0 Å². The molecule has 0 bridgehead atoms. The second-order valence-electron chi connectivity index (χ2n) is 4.45. The molecule has 0 N–H and O–H groups in total. The Morgan fingerprint density at radius 1 is 0.875 bits per heavy atom. The van der Waals surface area contributed by atoms with Gasteiger partial charge < -0.3 is 9.80 Å². The van der Waals surface area contributed by atoms with E-state index in [1.807, 2.05) is 6.07 Å². The van der Waals surface area contributed by atoms with Crippen LogP contribution in [0, 0.1) is 0 Å². The summed E-state index contributed by atoms with van der Waals surface area (Å²) in [5, 5.41) is 1.14. The first-order chi connectivity index (χ1) is 7.56. The Morgan fingerprint density at radius 3 is 1.56 bits per heavy atom. The molecule has 1 rings (SSSR count). The Hall–Kier alpha value is -0.263. The van der Waals surface area contributed by atoms with E-state index >= 15 is 0 Å². The third-order valence-corrected chi connectivity index (χ3v) is 2.25. The van der Waals surface area contributed by atoms with Gasteiger partial charge in [-0.1, -0.05) is 0 Å². The van der Waals surface area contributed by atoms with E-state index in [0.29, 0.717) is 0 Å². The summed E-state index contributed by atoms with van der Waals surface area (Å²) in [6, 6.07) is 10.5. The molecule has 0 atom stereocenters. The maximum atomic E-state index is 2.18. The van der Waals surface area contributed by atoms with Gasteiger partial charge in [-0.2, -0.15) is 0 Å². The molecule has 0 aromatic heterocycles. The molecule has 0 radical (unpaired) electrons. The monoisotopic (exact) mass is 214 g/mol. The van der Waals surface area contributed by atoms with Crippen LogP contribution in [-0.2, 0) is 5.09 Å². The molecule has 0 aliphatic carbocycles. The molecule has 0 aliphatic rings. The van der Waals surface area contributed by atoms with Crippen LogP contribution in [0.4, 0.5) is 0 Å². The summed E-state index contributed by atoms with van der Waals surface area (Å²) in [5.74, 6) is 0. The SMILES string of the molecule is CN(C)CCN(C)C.[Li][CH2]c1ccccc1. The summed E-state index contributed by atoms with van der Waals surface area (Å²) in [5.41, 5.74) is 1.41. The standard InChI is InChI=1S/C7H7.C6H16N2.Li/c1-7-5-3-2-4-6-7;1-7(2)5-6-8(3)4;/h2-6H,1H2;5-6H2,1-4H3;. The van der Waals surface area contributed by atoms with Crippen LogP contribution in [0.5, 0.6) is 0 Å². The third-order valence-electron chi connectivity index (χ3n) is 2.25. The summed E-state index contributed by atoms with van der Waals surface area (Å²) in [6.45, 7) is 2.29. The van der Waals surface area contributed by atoms with E-state index in [9.17, 15) is 0 Å². The maximum absolute atomic E-state index is 2.18. The van der Waals surface area contributed by atoms with Crippen molar-refractivity contribution in [2.75, 3.05) is 41.3 Å². The zero-order chi connectivity index (χ0) is 12.4. The van der Waals surface area contributed by atoms with Crippen molar-refractivity contribution < 1.29 is 0 Å². The van der Waals surface area contributed by atoms with Crippen LogP contribution in [-0.4, -0.2) is 68.8 Å². The van der Waals surface area contributed by atoms with Crippen molar-refractivity contribution >= 4 is 17.7 Å². The van der Waals surface area contributed by atoms with Gasteiger partial charge >= 0.3 is 58.7 Å². The van der Waals surface area contributed by atoms with Crippen LogP contribution in [0.25, 0.3) is 0 Å². The van der Waals surface area contributed by atoms with Gasteiger partial charge in [0.1, 0.15) is 0 Å². The Balaban J connectivity index is 0.000000281. The van der Waals surface area contributed by atoms with Crippen molar-refractivity contribution in [2.45, 2.75) is 5.09 Å². The van der Waals surface area contributed by atoms with Gasteiger partial charge in [-0.3, -0.25) is 0 Å². The van der Waals surface area contributed by atoms with E-state index in [-0.39, 0.29) is 0 Å². The third kappa shape index (κ3) is 10.3. The number of hydrogen-bond acceptors (Lipinski definition) is 2. The first-order valence-electron chi connectivity index (χ1n) is 5.89. The molecule has 0 aliphatic heterocycles. The fourth-order valence-electron chi connectivity index (χ4n) is 1.11. The number of hydrogen-bond donors (Lipinski definition) is 0. The van der Waals surface area contributed by atoms with Crippen LogP contribution in [0.3, 0.4) is 0 Å². The van der Waals surface area contributed by atoms with Gasteiger partial charge in [-0.05, 0) is 28.2 Å². The van der Waals surface area contributed by atoms with Gasteiger partial charge in [-0.15, -0.1) is 0 Å². The van der Waals surface area contributed by atoms with Crippen LogP contribution in [0.2, 0.25) is 0 Å². The average Bonchev–Trinajstić information content (AvgIpc) is 2.28. The Bertz CT molecular complexity index is 239. The van der Waals surface area contributed by atoms with Crippen molar-refractivity contribution in [3.63, 3.8) is 0 Å². The van der Waals surface area contributed by atoms with Crippen molar-refractivity contribution in [3.05, 3.63) is 35.9 Å². The molecule has 0 fully saturated rings.